The molecular weight excluding hydrogens is 242 g/mol. The molecule has 0 saturated carbocycles. The molecule has 0 heterocycles. The van der Waals surface area contributed by atoms with E-state index in [9.17, 15) is 9.59 Å². The molecule has 2 unspecified atom stereocenters. The number of halogens is 1. The van der Waals surface area contributed by atoms with Gasteiger partial charge in [0.1, 0.15) is 0 Å². The zero-order valence-corrected chi connectivity index (χ0v) is 9.99. The van der Waals surface area contributed by atoms with E-state index < -0.39 is 17.4 Å². The molecule has 0 bridgehead atoms. The summed E-state index contributed by atoms with van der Waals surface area (Å²) in [5.74, 6) is -1.22. The van der Waals surface area contributed by atoms with Crippen LogP contribution in [-0.2, 0) is 10.2 Å². The van der Waals surface area contributed by atoms with Crippen LogP contribution in [0.15, 0.2) is 18.2 Å². The van der Waals surface area contributed by atoms with Crippen LogP contribution in [0.2, 0.25) is 5.02 Å². The molecule has 1 aromatic rings. The number of ketones is 1. The summed E-state index contributed by atoms with van der Waals surface area (Å²) in [5.41, 5.74) is 6.10. The predicted octanol–water partition coefficient (Wildman–Crippen LogP) is 1.60. The van der Waals surface area contributed by atoms with Crippen molar-refractivity contribution in [3.63, 3.8) is 0 Å². The van der Waals surface area contributed by atoms with Crippen LogP contribution >= 0.6 is 11.6 Å². The van der Waals surface area contributed by atoms with Crippen LogP contribution in [0.5, 0.6) is 0 Å². The van der Waals surface area contributed by atoms with Crippen LogP contribution in [0.1, 0.15) is 29.3 Å². The van der Waals surface area contributed by atoms with Crippen molar-refractivity contribution >= 4 is 23.4 Å². The Morgan fingerprint density at radius 3 is 2.82 bits per heavy atom. The summed E-state index contributed by atoms with van der Waals surface area (Å²) in [6, 6.07) is 4.05. The third-order valence-corrected chi connectivity index (χ3v) is 3.58. The first-order valence-corrected chi connectivity index (χ1v) is 5.55. The first kappa shape index (κ1) is 12.1. The molecule has 2 rings (SSSR count). The third kappa shape index (κ3) is 1.73. The number of carbonyl (C=O) groups is 2. The van der Waals surface area contributed by atoms with Crippen LogP contribution in [-0.4, -0.2) is 22.9 Å². The Bertz CT molecular complexity index is 514. The van der Waals surface area contributed by atoms with Gasteiger partial charge in [0.05, 0.1) is 12.5 Å². The molecule has 0 spiro atoms. The summed E-state index contributed by atoms with van der Waals surface area (Å²) < 4.78 is 0. The van der Waals surface area contributed by atoms with Crippen LogP contribution in [0, 0.1) is 0 Å². The molecule has 0 saturated heterocycles. The van der Waals surface area contributed by atoms with E-state index in [1.165, 1.54) is 0 Å². The van der Waals surface area contributed by atoms with E-state index in [2.05, 4.69) is 0 Å². The maximum atomic E-state index is 12.0. The minimum absolute atomic E-state index is 0.172. The van der Waals surface area contributed by atoms with Gasteiger partial charge in [-0.2, -0.15) is 0 Å². The minimum atomic E-state index is -0.974. The number of hydrogen-bond acceptors (Lipinski definition) is 3. The molecule has 0 radical (unpaired) electrons. The number of Topliss-reactive ketones (excluding diaryl/α,β-unsaturated/α-hetero) is 1. The van der Waals surface area contributed by atoms with Crippen LogP contribution in [0.4, 0.5) is 0 Å². The highest BCUT2D eigenvalue weighted by atomic mass is 35.5. The number of aliphatic carboxylic acids is 1. The number of carboxylic acid groups (broad SMARTS) is 1. The normalized spacial score (nSPS) is 27.0. The first-order valence-electron chi connectivity index (χ1n) is 5.18. The van der Waals surface area contributed by atoms with Gasteiger partial charge in [0.15, 0.2) is 5.78 Å². The Balaban J connectivity index is 2.58. The van der Waals surface area contributed by atoms with Gasteiger partial charge >= 0.3 is 5.97 Å². The molecule has 17 heavy (non-hydrogen) atoms. The van der Waals surface area contributed by atoms with Crippen molar-refractivity contribution in [2.45, 2.75) is 24.8 Å². The van der Waals surface area contributed by atoms with E-state index in [0.717, 1.165) is 0 Å². The van der Waals surface area contributed by atoms with Gasteiger partial charge in [-0.05, 0) is 17.7 Å². The smallest absolute Gasteiger partial charge is 0.304 e. The van der Waals surface area contributed by atoms with Gasteiger partial charge in [-0.3, -0.25) is 9.59 Å². The van der Waals surface area contributed by atoms with E-state index in [1.54, 1.807) is 25.1 Å². The summed E-state index contributed by atoms with van der Waals surface area (Å²) >= 11 is 5.83. The highest BCUT2D eigenvalue weighted by molar-refractivity contribution is 6.31. The lowest BCUT2D eigenvalue weighted by Crippen LogP contribution is -2.44. The monoisotopic (exact) mass is 253 g/mol. The Hall–Kier alpha value is -1.39. The maximum absolute atomic E-state index is 12.0. The van der Waals surface area contributed by atoms with Crippen LogP contribution in [0.3, 0.4) is 0 Å². The van der Waals surface area contributed by atoms with Gasteiger partial charge in [0.25, 0.3) is 0 Å². The SMILES string of the molecule is CC1(CC(=O)O)c2ccc(Cl)cc2C(=O)C1N. The molecule has 0 aromatic heterocycles. The fourth-order valence-electron chi connectivity index (χ4n) is 2.36. The lowest BCUT2D eigenvalue weighted by molar-refractivity contribution is -0.138. The van der Waals surface area contributed by atoms with E-state index in [4.69, 9.17) is 22.4 Å². The molecule has 3 N–H and O–H groups in total. The van der Waals surface area contributed by atoms with E-state index >= 15 is 0 Å². The van der Waals surface area contributed by atoms with Crippen molar-refractivity contribution < 1.29 is 14.7 Å². The molecule has 1 aromatic carbocycles. The van der Waals surface area contributed by atoms with Gasteiger partial charge in [0, 0.05) is 16.0 Å². The van der Waals surface area contributed by atoms with Gasteiger partial charge in [-0.25, -0.2) is 0 Å². The topological polar surface area (TPSA) is 80.4 Å². The highest BCUT2D eigenvalue weighted by Crippen LogP contribution is 2.41. The minimum Gasteiger partial charge on any atom is -0.481 e. The zero-order valence-electron chi connectivity index (χ0n) is 9.24. The molecule has 0 fully saturated rings. The van der Waals surface area contributed by atoms with Crippen molar-refractivity contribution in [1.29, 1.82) is 0 Å². The lowest BCUT2D eigenvalue weighted by atomic mass is 9.78. The second-order valence-corrected chi connectivity index (χ2v) is 4.96. The van der Waals surface area contributed by atoms with E-state index in [0.29, 0.717) is 16.1 Å². The summed E-state index contributed by atoms with van der Waals surface area (Å²) in [6.45, 7) is 1.70. The van der Waals surface area contributed by atoms with Crippen molar-refractivity contribution in [3.8, 4) is 0 Å². The van der Waals surface area contributed by atoms with Crippen molar-refractivity contribution in [2.75, 3.05) is 0 Å². The number of fused-ring (bicyclic) bond motifs is 1. The Kier molecular flexibility index (Phi) is 2.72. The molecule has 0 aliphatic heterocycles. The van der Waals surface area contributed by atoms with Crippen LogP contribution in [0.25, 0.3) is 0 Å². The molecular formula is C12H12ClNO3. The molecule has 5 heteroatoms. The molecule has 90 valence electrons. The number of benzene rings is 1. The second-order valence-electron chi connectivity index (χ2n) is 4.52. The fraction of sp³-hybridized carbons (Fsp3) is 0.333. The van der Waals surface area contributed by atoms with Crippen molar-refractivity contribution in [2.24, 2.45) is 5.73 Å². The third-order valence-electron chi connectivity index (χ3n) is 3.35. The molecule has 2 atom stereocenters. The van der Waals surface area contributed by atoms with Gasteiger partial charge < -0.3 is 10.8 Å². The fourth-order valence-corrected chi connectivity index (χ4v) is 2.53. The Labute approximate surface area is 103 Å². The number of hydrogen-bond donors (Lipinski definition) is 2. The van der Waals surface area contributed by atoms with Crippen molar-refractivity contribution in [3.05, 3.63) is 34.3 Å². The lowest BCUT2D eigenvalue weighted by Gasteiger charge is -2.27. The number of carbonyl (C=O) groups excluding carboxylic acids is 1. The van der Waals surface area contributed by atoms with Gasteiger partial charge in [-0.1, -0.05) is 24.6 Å². The van der Waals surface area contributed by atoms with Gasteiger partial charge in [-0.15, -0.1) is 0 Å². The Morgan fingerprint density at radius 1 is 1.59 bits per heavy atom. The van der Waals surface area contributed by atoms with Crippen molar-refractivity contribution in [1.82, 2.24) is 0 Å². The van der Waals surface area contributed by atoms with Gasteiger partial charge in [0.2, 0.25) is 0 Å². The van der Waals surface area contributed by atoms with E-state index in [1.807, 2.05) is 0 Å². The quantitative estimate of drug-likeness (QED) is 0.839. The molecule has 1 aliphatic carbocycles. The summed E-state index contributed by atoms with van der Waals surface area (Å²) in [5, 5.41) is 9.38. The summed E-state index contributed by atoms with van der Waals surface area (Å²) in [4.78, 5) is 22.9. The predicted molar refractivity (Wildman–Crippen MR) is 63.4 cm³/mol. The summed E-state index contributed by atoms with van der Waals surface area (Å²) in [6.07, 6.45) is -0.172. The average molecular weight is 254 g/mol. The van der Waals surface area contributed by atoms with E-state index in [-0.39, 0.29) is 12.2 Å². The van der Waals surface area contributed by atoms with Crippen LogP contribution < -0.4 is 5.73 Å². The first-order chi connectivity index (χ1) is 7.86. The maximum Gasteiger partial charge on any atom is 0.304 e. The number of rotatable bonds is 2. The molecule has 1 aliphatic rings. The standard InChI is InChI=1S/C12H12ClNO3/c1-12(5-9(15)16)8-3-2-6(13)4-7(8)10(17)11(12)14/h2-4,11H,5,14H2,1H3,(H,15,16). The number of nitrogens with two attached hydrogens (primary N) is 1. The number of carboxylic acids is 1. The largest absolute Gasteiger partial charge is 0.481 e. The highest BCUT2D eigenvalue weighted by Gasteiger charge is 2.48. The Morgan fingerprint density at radius 2 is 2.24 bits per heavy atom. The zero-order chi connectivity index (χ0) is 12.8. The molecule has 0 amide bonds. The summed E-state index contributed by atoms with van der Waals surface area (Å²) in [7, 11) is 0. The molecule has 4 nitrogen and oxygen atoms in total. The second kappa shape index (κ2) is 3.82. The average Bonchev–Trinajstić information content (AvgIpc) is 2.40.